The number of hydrogen-bond acceptors (Lipinski definition) is 4. The van der Waals surface area contributed by atoms with Crippen molar-refractivity contribution in [3.63, 3.8) is 0 Å². The van der Waals surface area contributed by atoms with Crippen molar-refractivity contribution in [3.8, 4) is 11.4 Å². The monoisotopic (exact) mass is 280 g/mol. The van der Waals surface area contributed by atoms with Crippen molar-refractivity contribution in [2.24, 2.45) is 0 Å². The first-order valence-electron chi connectivity index (χ1n) is 5.37. The van der Waals surface area contributed by atoms with Gasteiger partial charge in [-0.3, -0.25) is 14.3 Å². The van der Waals surface area contributed by atoms with Gasteiger partial charge in [0.05, 0.1) is 12.8 Å². The van der Waals surface area contributed by atoms with E-state index in [0.29, 0.717) is 0 Å². The third-order valence-corrected chi connectivity index (χ3v) is 2.57. The van der Waals surface area contributed by atoms with E-state index in [-0.39, 0.29) is 11.4 Å². The summed E-state index contributed by atoms with van der Waals surface area (Å²) in [5.41, 5.74) is -2.38. The summed E-state index contributed by atoms with van der Waals surface area (Å²) < 4.78 is 18.9. The van der Waals surface area contributed by atoms with Crippen molar-refractivity contribution in [3.05, 3.63) is 56.6 Å². The van der Waals surface area contributed by atoms with Gasteiger partial charge in [-0.15, -0.1) is 0 Å². The third-order valence-electron chi connectivity index (χ3n) is 2.57. The molecule has 1 aromatic carbocycles. The molecule has 1 aromatic heterocycles. The molecule has 0 saturated heterocycles. The lowest BCUT2D eigenvalue weighted by Gasteiger charge is -2.10. The SMILES string of the molecule is COc1cc(F)ccc1-n1cc(C(=O)O)c(=O)[nH]c1=O. The number of methoxy groups -OCH3 is 1. The normalized spacial score (nSPS) is 10.3. The first-order valence-corrected chi connectivity index (χ1v) is 5.37. The molecule has 0 aliphatic heterocycles. The Morgan fingerprint density at radius 2 is 2.10 bits per heavy atom. The van der Waals surface area contributed by atoms with E-state index in [2.05, 4.69) is 0 Å². The Morgan fingerprint density at radius 3 is 2.70 bits per heavy atom. The highest BCUT2D eigenvalue weighted by atomic mass is 19.1. The number of nitrogens with zero attached hydrogens (tertiary/aromatic N) is 1. The third kappa shape index (κ3) is 2.30. The van der Waals surface area contributed by atoms with Crippen molar-refractivity contribution in [1.82, 2.24) is 9.55 Å². The van der Waals surface area contributed by atoms with Crippen LogP contribution in [-0.2, 0) is 0 Å². The standard InChI is InChI=1S/C12H9FN2O5/c1-20-9-4-6(13)2-3-8(9)15-5-7(11(17)18)10(16)14-12(15)19/h2-5H,1H3,(H,17,18)(H,14,16,19). The second kappa shape index (κ2) is 5.00. The van der Waals surface area contributed by atoms with E-state index in [0.717, 1.165) is 22.9 Å². The zero-order valence-corrected chi connectivity index (χ0v) is 10.2. The Hall–Kier alpha value is -2.90. The van der Waals surface area contributed by atoms with Crippen molar-refractivity contribution >= 4 is 5.97 Å². The second-order valence-corrected chi connectivity index (χ2v) is 3.79. The number of carboxylic acids is 1. The maximum Gasteiger partial charge on any atom is 0.342 e. The van der Waals surface area contributed by atoms with E-state index in [4.69, 9.17) is 9.84 Å². The molecule has 0 radical (unpaired) electrons. The van der Waals surface area contributed by atoms with E-state index in [1.807, 2.05) is 4.98 Å². The van der Waals surface area contributed by atoms with Gasteiger partial charge in [-0.05, 0) is 12.1 Å². The van der Waals surface area contributed by atoms with Gasteiger partial charge in [0.15, 0.2) is 0 Å². The van der Waals surface area contributed by atoms with Crippen LogP contribution in [0.4, 0.5) is 4.39 Å². The van der Waals surface area contributed by atoms with Crippen LogP contribution in [-0.4, -0.2) is 27.7 Å². The molecule has 8 heteroatoms. The van der Waals surface area contributed by atoms with Crippen LogP contribution < -0.4 is 16.0 Å². The Bertz CT molecular complexity index is 793. The number of ether oxygens (including phenoxy) is 1. The van der Waals surface area contributed by atoms with Gasteiger partial charge in [-0.1, -0.05) is 0 Å². The molecule has 2 aromatic rings. The predicted molar refractivity (Wildman–Crippen MR) is 66.1 cm³/mol. The van der Waals surface area contributed by atoms with Crippen LogP contribution in [0.3, 0.4) is 0 Å². The number of nitrogens with one attached hydrogen (secondary N) is 1. The summed E-state index contributed by atoms with van der Waals surface area (Å²) in [5, 5.41) is 8.87. The summed E-state index contributed by atoms with van der Waals surface area (Å²) in [4.78, 5) is 35.8. The maximum atomic E-state index is 13.1. The summed E-state index contributed by atoms with van der Waals surface area (Å²) in [6.07, 6.45) is 0.860. The number of carboxylic acid groups (broad SMARTS) is 1. The number of aromatic nitrogens is 2. The number of aromatic carboxylic acids is 1. The summed E-state index contributed by atoms with van der Waals surface area (Å²) in [7, 11) is 1.27. The van der Waals surface area contributed by atoms with Crippen molar-refractivity contribution < 1.29 is 19.0 Å². The largest absolute Gasteiger partial charge is 0.494 e. The number of H-pyrrole nitrogens is 1. The van der Waals surface area contributed by atoms with E-state index in [1.165, 1.54) is 13.2 Å². The topological polar surface area (TPSA) is 101 Å². The highest BCUT2D eigenvalue weighted by Crippen LogP contribution is 2.22. The number of carbonyl (C=O) groups is 1. The number of benzene rings is 1. The molecule has 7 nitrogen and oxygen atoms in total. The predicted octanol–water partition coefficient (Wildman–Crippen LogP) is 0.372. The van der Waals surface area contributed by atoms with Crippen molar-refractivity contribution in [2.45, 2.75) is 0 Å². The second-order valence-electron chi connectivity index (χ2n) is 3.79. The average molecular weight is 280 g/mol. The minimum Gasteiger partial charge on any atom is -0.494 e. The van der Waals surface area contributed by atoms with Crippen LogP contribution in [0.2, 0.25) is 0 Å². The summed E-state index contributed by atoms with van der Waals surface area (Å²) in [6.45, 7) is 0. The molecule has 0 fully saturated rings. The molecule has 0 unspecified atom stereocenters. The van der Waals surface area contributed by atoms with E-state index in [1.54, 1.807) is 0 Å². The lowest BCUT2D eigenvalue weighted by Crippen LogP contribution is -2.32. The molecule has 0 aliphatic carbocycles. The first-order chi connectivity index (χ1) is 9.43. The molecule has 2 N–H and O–H groups in total. The quantitative estimate of drug-likeness (QED) is 0.846. The number of rotatable bonds is 3. The molecule has 0 bridgehead atoms. The van der Waals surface area contributed by atoms with Crippen molar-refractivity contribution in [1.29, 1.82) is 0 Å². The lowest BCUT2D eigenvalue weighted by molar-refractivity contribution is 0.0694. The molecule has 20 heavy (non-hydrogen) atoms. The number of aromatic amines is 1. The summed E-state index contributed by atoms with van der Waals surface area (Å²) in [6, 6.07) is 3.35. The van der Waals surface area contributed by atoms with E-state index >= 15 is 0 Å². The molecule has 0 amide bonds. The van der Waals surface area contributed by atoms with Gasteiger partial charge in [-0.2, -0.15) is 0 Å². The highest BCUT2D eigenvalue weighted by molar-refractivity contribution is 5.86. The molecular weight excluding hydrogens is 271 g/mol. The molecular formula is C12H9FN2O5. The molecule has 0 spiro atoms. The van der Waals surface area contributed by atoms with Gasteiger partial charge in [0.25, 0.3) is 5.56 Å². The summed E-state index contributed by atoms with van der Waals surface area (Å²) in [5.74, 6) is -2.04. The summed E-state index contributed by atoms with van der Waals surface area (Å²) >= 11 is 0. The number of hydrogen-bond donors (Lipinski definition) is 2. The molecule has 104 valence electrons. The smallest absolute Gasteiger partial charge is 0.342 e. The Balaban J connectivity index is 2.76. The van der Waals surface area contributed by atoms with Crippen LogP contribution >= 0.6 is 0 Å². The van der Waals surface area contributed by atoms with Gasteiger partial charge in [0.1, 0.15) is 17.1 Å². The van der Waals surface area contributed by atoms with Crippen LogP contribution in [0, 0.1) is 5.82 Å². The zero-order chi connectivity index (χ0) is 14.9. The molecule has 1 heterocycles. The average Bonchev–Trinajstić information content (AvgIpc) is 2.39. The van der Waals surface area contributed by atoms with Crippen molar-refractivity contribution in [2.75, 3.05) is 7.11 Å². The van der Waals surface area contributed by atoms with Gasteiger partial charge in [0.2, 0.25) is 0 Å². The minimum absolute atomic E-state index is 0.0236. The van der Waals surface area contributed by atoms with Crippen LogP contribution in [0.15, 0.2) is 34.0 Å². The van der Waals surface area contributed by atoms with E-state index in [9.17, 15) is 18.8 Å². The molecule has 0 saturated carbocycles. The fourth-order valence-corrected chi connectivity index (χ4v) is 1.65. The van der Waals surface area contributed by atoms with Crippen LogP contribution in [0.5, 0.6) is 5.75 Å². The molecule has 2 rings (SSSR count). The van der Waals surface area contributed by atoms with Crippen LogP contribution in [0.25, 0.3) is 5.69 Å². The van der Waals surface area contributed by atoms with Gasteiger partial charge in [-0.25, -0.2) is 14.0 Å². The Morgan fingerprint density at radius 1 is 1.40 bits per heavy atom. The first kappa shape index (κ1) is 13.5. The minimum atomic E-state index is -1.49. The Kier molecular flexibility index (Phi) is 3.38. The lowest BCUT2D eigenvalue weighted by atomic mass is 10.2. The Labute approximate surface area is 110 Å². The fraction of sp³-hybridized carbons (Fsp3) is 0.0833. The number of halogens is 1. The van der Waals surface area contributed by atoms with Gasteiger partial charge >= 0.3 is 11.7 Å². The van der Waals surface area contributed by atoms with Crippen LogP contribution in [0.1, 0.15) is 10.4 Å². The van der Waals surface area contributed by atoms with Gasteiger partial charge < -0.3 is 9.84 Å². The molecule has 0 atom stereocenters. The van der Waals surface area contributed by atoms with Gasteiger partial charge in [0, 0.05) is 12.3 Å². The highest BCUT2D eigenvalue weighted by Gasteiger charge is 2.15. The zero-order valence-electron chi connectivity index (χ0n) is 10.2. The van der Waals surface area contributed by atoms with E-state index < -0.39 is 28.6 Å². The molecule has 0 aliphatic rings. The maximum absolute atomic E-state index is 13.1. The fourth-order valence-electron chi connectivity index (χ4n) is 1.65.